The minimum absolute atomic E-state index is 0.0473. The van der Waals surface area contributed by atoms with Crippen molar-refractivity contribution in [2.24, 2.45) is 11.8 Å². The molecule has 0 amide bonds. The lowest BCUT2D eigenvalue weighted by molar-refractivity contribution is -0.0272. The van der Waals surface area contributed by atoms with Crippen molar-refractivity contribution in [3.8, 4) is 0 Å². The first-order valence-corrected chi connectivity index (χ1v) is 6.38. The summed E-state index contributed by atoms with van der Waals surface area (Å²) in [5, 5.41) is 0. The molecule has 0 unspecified atom stereocenters. The third-order valence-electron chi connectivity index (χ3n) is 3.11. The summed E-state index contributed by atoms with van der Waals surface area (Å²) in [4.78, 5) is 11.6. The van der Waals surface area contributed by atoms with Gasteiger partial charge in [0.2, 0.25) is 0 Å². The zero-order chi connectivity index (χ0) is 12.1. The van der Waals surface area contributed by atoms with E-state index in [1.165, 1.54) is 0 Å². The molecule has 0 spiro atoms. The van der Waals surface area contributed by atoms with Gasteiger partial charge in [-0.05, 0) is 37.5 Å². The molecule has 0 heterocycles. The standard InChI is InChI=1S/C13H24O3/c1-9(2)12(10(3)4)16-13(14)15-11-7-5-6-8-11/h9-12H,5-8H2,1-4H3. The SMILES string of the molecule is CC(C)C(OC(=O)OC1CCCC1)C(C)C. The topological polar surface area (TPSA) is 35.5 Å². The lowest BCUT2D eigenvalue weighted by Crippen LogP contribution is -2.30. The third-order valence-corrected chi connectivity index (χ3v) is 3.11. The van der Waals surface area contributed by atoms with E-state index in [1.807, 2.05) is 0 Å². The largest absolute Gasteiger partial charge is 0.508 e. The van der Waals surface area contributed by atoms with Crippen LogP contribution in [0.25, 0.3) is 0 Å². The Bertz CT molecular complexity index is 209. The number of rotatable bonds is 4. The molecule has 1 aliphatic carbocycles. The molecule has 1 aliphatic rings. The van der Waals surface area contributed by atoms with Gasteiger partial charge in [-0.3, -0.25) is 0 Å². The van der Waals surface area contributed by atoms with Crippen molar-refractivity contribution in [3.63, 3.8) is 0 Å². The lowest BCUT2D eigenvalue weighted by Gasteiger charge is -2.25. The zero-order valence-corrected chi connectivity index (χ0v) is 10.9. The zero-order valence-electron chi connectivity index (χ0n) is 10.9. The normalized spacial score (nSPS) is 17.4. The van der Waals surface area contributed by atoms with Crippen LogP contribution >= 0.6 is 0 Å². The highest BCUT2D eigenvalue weighted by Gasteiger charge is 2.25. The Hall–Kier alpha value is -0.730. The van der Waals surface area contributed by atoms with E-state index in [0.29, 0.717) is 11.8 Å². The van der Waals surface area contributed by atoms with E-state index in [4.69, 9.17) is 9.47 Å². The highest BCUT2D eigenvalue weighted by molar-refractivity contribution is 5.60. The Balaban J connectivity index is 2.35. The first-order valence-electron chi connectivity index (χ1n) is 6.38. The van der Waals surface area contributed by atoms with Gasteiger partial charge < -0.3 is 9.47 Å². The van der Waals surface area contributed by atoms with E-state index in [0.717, 1.165) is 25.7 Å². The van der Waals surface area contributed by atoms with Gasteiger partial charge in [-0.2, -0.15) is 0 Å². The van der Waals surface area contributed by atoms with E-state index in [1.54, 1.807) is 0 Å². The fourth-order valence-corrected chi connectivity index (χ4v) is 2.32. The molecule has 0 aromatic rings. The van der Waals surface area contributed by atoms with Crippen LogP contribution in [0.3, 0.4) is 0 Å². The van der Waals surface area contributed by atoms with Gasteiger partial charge in [0.15, 0.2) is 0 Å². The molecule has 1 fully saturated rings. The number of ether oxygens (including phenoxy) is 2. The van der Waals surface area contributed by atoms with E-state index < -0.39 is 6.16 Å². The maximum atomic E-state index is 11.6. The van der Waals surface area contributed by atoms with Crippen LogP contribution < -0.4 is 0 Å². The van der Waals surface area contributed by atoms with Gasteiger partial charge in [-0.15, -0.1) is 0 Å². The van der Waals surface area contributed by atoms with Gasteiger partial charge in [0.05, 0.1) is 0 Å². The summed E-state index contributed by atoms with van der Waals surface area (Å²) in [5.41, 5.74) is 0. The Morgan fingerprint density at radius 3 is 2.00 bits per heavy atom. The van der Waals surface area contributed by atoms with E-state index in [2.05, 4.69) is 27.7 Å². The molecule has 0 aromatic heterocycles. The average Bonchev–Trinajstić information content (AvgIpc) is 2.65. The quantitative estimate of drug-likeness (QED) is 0.687. The molecule has 0 aromatic carbocycles. The van der Waals surface area contributed by atoms with Gasteiger partial charge in [0.25, 0.3) is 0 Å². The monoisotopic (exact) mass is 228 g/mol. The van der Waals surface area contributed by atoms with Gasteiger partial charge >= 0.3 is 6.16 Å². The predicted octanol–water partition coefficient (Wildman–Crippen LogP) is 3.76. The van der Waals surface area contributed by atoms with Crippen molar-refractivity contribution in [2.45, 2.75) is 65.6 Å². The van der Waals surface area contributed by atoms with E-state index >= 15 is 0 Å². The first kappa shape index (κ1) is 13.3. The van der Waals surface area contributed by atoms with Crippen LogP contribution in [0.1, 0.15) is 53.4 Å². The Kier molecular flexibility index (Phi) is 5.10. The Morgan fingerprint density at radius 2 is 1.56 bits per heavy atom. The number of hydrogen-bond donors (Lipinski definition) is 0. The van der Waals surface area contributed by atoms with Crippen molar-refractivity contribution in [3.05, 3.63) is 0 Å². The number of hydrogen-bond acceptors (Lipinski definition) is 3. The van der Waals surface area contributed by atoms with Crippen molar-refractivity contribution in [2.75, 3.05) is 0 Å². The van der Waals surface area contributed by atoms with Gasteiger partial charge in [0, 0.05) is 0 Å². The highest BCUT2D eigenvalue weighted by atomic mass is 16.7. The summed E-state index contributed by atoms with van der Waals surface area (Å²) < 4.78 is 10.7. The molecule has 0 radical (unpaired) electrons. The van der Waals surface area contributed by atoms with Gasteiger partial charge in [-0.1, -0.05) is 27.7 Å². The summed E-state index contributed by atoms with van der Waals surface area (Å²) in [6, 6.07) is 0. The molecular weight excluding hydrogens is 204 g/mol. The maximum Gasteiger partial charge on any atom is 0.508 e. The van der Waals surface area contributed by atoms with Crippen molar-refractivity contribution in [1.82, 2.24) is 0 Å². The molecular formula is C13H24O3. The second-order valence-corrected chi connectivity index (χ2v) is 5.34. The third kappa shape index (κ3) is 4.03. The number of carbonyl (C=O) groups is 1. The summed E-state index contributed by atoms with van der Waals surface area (Å²) in [6.07, 6.45) is 3.86. The lowest BCUT2D eigenvalue weighted by atomic mass is 9.96. The molecule has 0 saturated heterocycles. The fourth-order valence-electron chi connectivity index (χ4n) is 2.32. The van der Waals surface area contributed by atoms with Gasteiger partial charge in [0.1, 0.15) is 12.2 Å². The van der Waals surface area contributed by atoms with Crippen LogP contribution in [0.15, 0.2) is 0 Å². The minimum atomic E-state index is -0.487. The molecule has 0 atom stereocenters. The minimum Gasteiger partial charge on any atom is -0.431 e. The maximum absolute atomic E-state index is 11.6. The smallest absolute Gasteiger partial charge is 0.431 e. The van der Waals surface area contributed by atoms with Crippen LogP contribution in [-0.4, -0.2) is 18.4 Å². The van der Waals surface area contributed by atoms with Crippen LogP contribution in [0.5, 0.6) is 0 Å². The molecule has 0 bridgehead atoms. The molecule has 0 N–H and O–H groups in total. The second-order valence-electron chi connectivity index (χ2n) is 5.34. The molecule has 94 valence electrons. The predicted molar refractivity (Wildman–Crippen MR) is 63.3 cm³/mol. The van der Waals surface area contributed by atoms with Gasteiger partial charge in [-0.25, -0.2) is 4.79 Å². The molecule has 1 saturated carbocycles. The first-order chi connectivity index (χ1) is 7.50. The van der Waals surface area contributed by atoms with Crippen molar-refractivity contribution < 1.29 is 14.3 Å². The summed E-state index contributed by atoms with van der Waals surface area (Å²) in [6.45, 7) is 8.25. The Labute approximate surface area is 98.5 Å². The van der Waals surface area contributed by atoms with Crippen molar-refractivity contribution in [1.29, 1.82) is 0 Å². The van der Waals surface area contributed by atoms with Crippen LogP contribution in [0.2, 0.25) is 0 Å². The van der Waals surface area contributed by atoms with Crippen LogP contribution in [0, 0.1) is 11.8 Å². The van der Waals surface area contributed by atoms with Crippen LogP contribution in [-0.2, 0) is 9.47 Å². The number of carbonyl (C=O) groups excluding carboxylic acids is 1. The summed E-state index contributed by atoms with van der Waals surface area (Å²) in [7, 11) is 0. The molecule has 1 rings (SSSR count). The summed E-state index contributed by atoms with van der Waals surface area (Å²) >= 11 is 0. The van der Waals surface area contributed by atoms with E-state index in [9.17, 15) is 4.79 Å². The average molecular weight is 228 g/mol. The van der Waals surface area contributed by atoms with E-state index in [-0.39, 0.29) is 12.2 Å². The molecule has 16 heavy (non-hydrogen) atoms. The Morgan fingerprint density at radius 1 is 1.06 bits per heavy atom. The summed E-state index contributed by atoms with van der Waals surface area (Å²) in [5.74, 6) is 0.659. The fraction of sp³-hybridized carbons (Fsp3) is 0.923. The molecule has 3 heteroatoms. The highest BCUT2D eigenvalue weighted by Crippen LogP contribution is 2.23. The second kappa shape index (κ2) is 6.12. The molecule has 3 nitrogen and oxygen atoms in total. The molecule has 0 aliphatic heterocycles. The van der Waals surface area contributed by atoms with Crippen molar-refractivity contribution >= 4 is 6.16 Å². The van der Waals surface area contributed by atoms with Crippen LogP contribution in [0.4, 0.5) is 4.79 Å².